The van der Waals surface area contributed by atoms with E-state index in [2.05, 4.69) is 15.0 Å². The van der Waals surface area contributed by atoms with Crippen molar-refractivity contribution in [3.8, 4) is 0 Å². The van der Waals surface area contributed by atoms with E-state index in [1.54, 1.807) is 30.3 Å². The highest BCUT2D eigenvalue weighted by Gasteiger charge is 2.53. The van der Waals surface area contributed by atoms with Crippen LogP contribution in [-0.2, 0) is 4.74 Å². The number of fused-ring (bicyclic) bond motifs is 1. The molecule has 142 valence electrons. The highest BCUT2D eigenvalue weighted by molar-refractivity contribution is 6.52. The number of aliphatic hydroxyl groups is 2. The van der Waals surface area contributed by atoms with E-state index in [4.69, 9.17) is 11.8 Å². The number of Topliss-reactive ketones (excluding diaryl/α,β-unsaturated/α-hetero) is 1. The van der Waals surface area contributed by atoms with Crippen LogP contribution in [0.15, 0.2) is 45.3 Å². The predicted octanol–water partition coefficient (Wildman–Crippen LogP) is -0.905. The molecule has 1 fully saturated rings. The van der Waals surface area contributed by atoms with Crippen LogP contribution in [0.4, 0.5) is 4.39 Å². The molecule has 5 atom stereocenters. The molecule has 4 rings (SSSR count). The van der Waals surface area contributed by atoms with Crippen molar-refractivity contribution < 1.29 is 25.5 Å². The van der Waals surface area contributed by atoms with E-state index in [0.717, 1.165) is 6.34 Å². The zero-order chi connectivity index (χ0) is 20.1. The van der Waals surface area contributed by atoms with E-state index < -0.39 is 42.6 Å². The summed E-state index contributed by atoms with van der Waals surface area (Å²) < 4.78 is 27.7. The van der Waals surface area contributed by atoms with Gasteiger partial charge in [0, 0.05) is 5.56 Å². The van der Waals surface area contributed by atoms with Gasteiger partial charge in [0.2, 0.25) is 11.4 Å². The van der Waals surface area contributed by atoms with Gasteiger partial charge in [0.1, 0.15) is 30.9 Å². The van der Waals surface area contributed by atoms with E-state index in [9.17, 15) is 19.4 Å². The molecule has 0 saturated carbocycles. The van der Waals surface area contributed by atoms with Crippen LogP contribution in [-0.4, -0.2) is 82.3 Å². The number of carbonyl (C=O) groups is 1. The van der Waals surface area contributed by atoms with Crippen LogP contribution in [0.25, 0.3) is 0 Å². The zero-order valence-electron chi connectivity index (χ0n) is 15.1. The molecule has 9 nitrogen and oxygen atoms in total. The number of aliphatic hydroxyl groups excluding tert-OH is 1. The topological polar surface area (TPSA) is 133 Å². The molecule has 1 unspecified atom stereocenters. The van der Waals surface area contributed by atoms with Crippen molar-refractivity contribution in [1.29, 1.82) is 0 Å². The van der Waals surface area contributed by atoms with Crippen molar-refractivity contribution in [2.75, 3.05) is 13.3 Å². The lowest BCUT2D eigenvalue weighted by Crippen LogP contribution is -2.59. The van der Waals surface area contributed by atoms with Crippen LogP contribution in [0.5, 0.6) is 0 Å². The van der Waals surface area contributed by atoms with Gasteiger partial charge in [-0.25, -0.2) is 14.4 Å². The number of alkyl halides is 1. The SMILES string of the molecule is [2H][C@@]1(O)[C@@H](CO)O[C@@H](N2CN=C3C2=NC=NC3(N)C(=O)c2ccccc2)[C@@H]1F. The molecule has 0 bridgehead atoms. The Labute approximate surface area is 155 Å². The summed E-state index contributed by atoms with van der Waals surface area (Å²) in [7, 11) is 0. The summed E-state index contributed by atoms with van der Waals surface area (Å²) in [4.78, 5) is 26.5. The van der Waals surface area contributed by atoms with E-state index in [0.29, 0.717) is 5.56 Å². The fraction of sp³-hybridized carbons (Fsp3) is 0.412. The Hall–Kier alpha value is -2.53. The van der Waals surface area contributed by atoms with Crippen LogP contribution >= 0.6 is 0 Å². The molecule has 10 heteroatoms. The molecular formula is C17H18FN5O4. The lowest BCUT2D eigenvalue weighted by atomic mass is 9.93. The summed E-state index contributed by atoms with van der Waals surface area (Å²) in [6, 6.07) is 8.31. The Morgan fingerprint density at radius 3 is 2.89 bits per heavy atom. The van der Waals surface area contributed by atoms with Gasteiger partial charge < -0.3 is 19.8 Å². The maximum atomic E-state index is 14.7. The number of halogens is 1. The van der Waals surface area contributed by atoms with Gasteiger partial charge in [-0.2, -0.15) is 0 Å². The summed E-state index contributed by atoms with van der Waals surface area (Å²) in [6.07, 6.45) is -6.58. The third kappa shape index (κ3) is 2.69. The van der Waals surface area contributed by atoms with E-state index in [1.165, 1.54) is 4.90 Å². The molecule has 3 heterocycles. The molecule has 0 aromatic heterocycles. The smallest absolute Gasteiger partial charge is 0.219 e. The summed E-state index contributed by atoms with van der Waals surface area (Å²) in [6.45, 7) is -0.891. The second kappa shape index (κ2) is 6.57. The molecule has 1 aromatic carbocycles. The fourth-order valence-electron chi connectivity index (χ4n) is 3.26. The zero-order valence-corrected chi connectivity index (χ0v) is 14.1. The Balaban J connectivity index is 1.63. The van der Waals surface area contributed by atoms with Gasteiger partial charge >= 0.3 is 0 Å². The number of rotatable bonds is 4. The first-order chi connectivity index (χ1) is 13.3. The number of hydrogen-bond donors (Lipinski definition) is 3. The largest absolute Gasteiger partial charge is 0.394 e. The van der Waals surface area contributed by atoms with Gasteiger partial charge in [-0.15, -0.1) is 0 Å². The first-order valence-corrected chi connectivity index (χ1v) is 8.25. The van der Waals surface area contributed by atoms with Gasteiger partial charge in [0.05, 0.1) is 7.98 Å². The van der Waals surface area contributed by atoms with Gasteiger partial charge in [-0.05, 0) is 0 Å². The molecule has 1 saturated heterocycles. The van der Waals surface area contributed by atoms with Crippen molar-refractivity contribution in [2.24, 2.45) is 20.7 Å². The summed E-state index contributed by atoms with van der Waals surface area (Å²) in [5, 5.41) is 19.2. The van der Waals surface area contributed by atoms with E-state index in [1.807, 2.05) is 0 Å². The minimum atomic E-state index is -2.63. The van der Waals surface area contributed by atoms with Crippen LogP contribution in [0, 0.1) is 0 Å². The maximum absolute atomic E-state index is 14.7. The van der Waals surface area contributed by atoms with Crippen molar-refractivity contribution in [1.82, 2.24) is 4.90 Å². The summed E-state index contributed by atoms with van der Waals surface area (Å²) in [5.41, 5.74) is 4.80. The quantitative estimate of drug-likeness (QED) is 0.583. The van der Waals surface area contributed by atoms with E-state index in [-0.39, 0.29) is 18.2 Å². The predicted molar refractivity (Wildman–Crippen MR) is 94.4 cm³/mol. The van der Waals surface area contributed by atoms with Crippen LogP contribution < -0.4 is 5.73 Å². The van der Waals surface area contributed by atoms with Crippen molar-refractivity contribution >= 4 is 23.7 Å². The van der Waals surface area contributed by atoms with Crippen LogP contribution in [0.3, 0.4) is 0 Å². The third-order valence-electron chi connectivity index (χ3n) is 4.69. The van der Waals surface area contributed by atoms with Crippen molar-refractivity contribution in [3.05, 3.63) is 35.9 Å². The average Bonchev–Trinajstić information content (AvgIpc) is 3.22. The molecule has 27 heavy (non-hydrogen) atoms. The lowest BCUT2D eigenvalue weighted by molar-refractivity contribution is -0.0611. The molecule has 0 amide bonds. The number of nitrogens with two attached hydrogens (primary N) is 1. The fourth-order valence-corrected chi connectivity index (χ4v) is 3.26. The molecule has 3 aliphatic heterocycles. The van der Waals surface area contributed by atoms with Gasteiger partial charge in [0.15, 0.2) is 18.2 Å². The average molecular weight is 376 g/mol. The molecule has 0 radical (unpaired) electrons. The second-order valence-electron chi connectivity index (χ2n) is 6.30. The number of nitrogens with zero attached hydrogens (tertiary/aromatic N) is 4. The van der Waals surface area contributed by atoms with Crippen molar-refractivity contribution in [3.63, 3.8) is 0 Å². The van der Waals surface area contributed by atoms with E-state index >= 15 is 0 Å². The summed E-state index contributed by atoms with van der Waals surface area (Å²) >= 11 is 0. The van der Waals surface area contributed by atoms with Gasteiger partial charge in [-0.3, -0.25) is 15.5 Å². The minimum absolute atomic E-state index is 0.0422. The number of benzene rings is 1. The number of ketones is 1. The molecule has 4 N–H and O–H groups in total. The maximum Gasteiger partial charge on any atom is 0.219 e. The Kier molecular flexibility index (Phi) is 4.05. The minimum Gasteiger partial charge on any atom is -0.394 e. The molecule has 0 spiro atoms. The number of aliphatic imine (C=N–C) groups is 3. The molecule has 0 aliphatic carbocycles. The van der Waals surface area contributed by atoms with Crippen LogP contribution in [0.2, 0.25) is 0 Å². The standard InChI is InChI=1S/C17H18FN5O4/c18-11-12(25)10(6-24)27-16(11)23-8-21-13-15(23)20-7-22-17(13,19)14(26)9-4-2-1-3-5-9/h1-5,7,10-12,16,24-25H,6,8,19H2/t10-,11-,12-,16-,17?/m1/s1/i12D. The van der Waals surface area contributed by atoms with Gasteiger partial charge in [0.25, 0.3) is 0 Å². The second-order valence-corrected chi connectivity index (χ2v) is 6.30. The van der Waals surface area contributed by atoms with Gasteiger partial charge in [-0.1, -0.05) is 30.3 Å². The number of ether oxygens (including phenoxy) is 1. The molecule has 3 aliphatic rings. The van der Waals surface area contributed by atoms with Crippen molar-refractivity contribution in [2.45, 2.75) is 30.2 Å². The third-order valence-corrected chi connectivity index (χ3v) is 4.69. The first kappa shape index (κ1) is 16.6. The summed E-state index contributed by atoms with van der Waals surface area (Å²) in [5.74, 6) is -0.435. The Morgan fingerprint density at radius 1 is 1.48 bits per heavy atom. The Morgan fingerprint density at radius 2 is 2.22 bits per heavy atom. The normalized spacial score (nSPS) is 38.3. The molecular weight excluding hydrogens is 357 g/mol. The highest BCUT2D eigenvalue weighted by atomic mass is 19.1. The lowest BCUT2D eigenvalue weighted by Gasteiger charge is -2.31. The molecule has 1 aromatic rings. The van der Waals surface area contributed by atoms with Crippen LogP contribution in [0.1, 0.15) is 11.7 Å². The number of carbonyl (C=O) groups excluding carboxylic acids is 1. The number of hydrogen-bond acceptors (Lipinski definition) is 9. The Bertz CT molecular complexity index is 893. The highest BCUT2D eigenvalue weighted by Crippen LogP contribution is 2.31. The first-order valence-electron chi connectivity index (χ1n) is 8.75. The monoisotopic (exact) mass is 376 g/mol. The number of amidine groups is 1.